The zero-order valence-electron chi connectivity index (χ0n) is 11.1. The van der Waals surface area contributed by atoms with E-state index in [1.807, 2.05) is 0 Å². The van der Waals surface area contributed by atoms with Crippen molar-refractivity contribution in [2.45, 2.75) is 0 Å². The lowest BCUT2D eigenvalue weighted by Gasteiger charge is -2.31. The van der Waals surface area contributed by atoms with E-state index in [1.165, 1.54) is 4.90 Å². The Balaban J connectivity index is 1.87. The molecule has 0 saturated carbocycles. The number of carbonyl (C=O) groups excluding carboxylic acids is 2. The number of carbonyl (C=O) groups is 2. The number of nitrogens with two attached hydrogens (primary N) is 1. The molecule has 104 valence electrons. The van der Waals surface area contributed by atoms with Gasteiger partial charge in [-0.15, -0.1) is 0 Å². The van der Waals surface area contributed by atoms with Crippen LogP contribution in [0.15, 0.2) is 28.7 Å². The Labute approximate surface area is 115 Å². The third-order valence-electron chi connectivity index (χ3n) is 3.50. The Bertz CT molecular complexity index is 692. The largest absolute Gasteiger partial charge is 0.451 e. The van der Waals surface area contributed by atoms with Crippen molar-refractivity contribution in [3.8, 4) is 0 Å². The van der Waals surface area contributed by atoms with Crippen LogP contribution in [0.4, 0.5) is 5.69 Å². The number of fused-ring (bicyclic) bond motifs is 1. The average molecular weight is 273 g/mol. The quantitative estimate of drug-likeness (QED) is 0.784. The van der Waals surface area contributed by atoms with E-state index in [0.29, 0.717) is 24.4 Å². The molecule has 0 bridgehead atoms. The summed E-state index contributed by atoms with van der Waals surface area (Å²) < 4.78 is 5.53. The predicted octanol–water partition coefficient (Wildman–Crippen LogP) is 0.929. The van der Waals surface area contributed by atoms with Crippen LogP contribution in [0, 0.1) is 0 Å². The third kappa shape index (κ3) is 2.09. The SMILES string of the molecule is CN1CCN(C(=O)c2cc3cc(N)ccc3o2)CC1=O. The number of nitrogens with zero attached hydrogens (tertiary/aromatic N) is 2. The summed E-state index contributed by atoms with van der Waals surface area (Å²) in [6.45, 7) is 1.15. The molecule has 2 aromatic rings. The van der Waals surface area contributed by atoms with E-state index >= 15 is 0 Å². The molecular formula is C14H15N3O3. The first-order valence-electron chi connectivity index (χ1n) is 6.37. The van der Waals surface area contributed by atoms with Crippen molar-refractivity contribution in [3.05, 3.63) is 30.0 Å². The fourth-order valence-corrected chi connectivity index (χ4v) is 2.25. The standard InChI is InChI=1S/C14H15N3O3/c1-16-4-5-17(8-13(16)18)14(19)12-7-9-6-10(15)2-3-11(9)20-12/h2-3,6-7H,4-5,8,15H2,1H3. The van der Waals surface area contributed by atoms with Gasteiger partial charge >= 0.3 is 0 Å². The minimum atomic E-state index is -0.263. The van der Waals surface area contributed by atoms with Crippen LogP contribution in [0.25, 0.3) is 11.0 Å². The van der Waals surface area contributed by atoms with Gasteiger partial charge in [-0.2, -0.15) is 0 Å². The monoisotopic (exact) mass is 273 g/mol. The Morgan fingerprint density at radius 3 is 2.85 bits per heavy atom. The van der Waals surface area contributed by atoms with Crippen LogP contribution in [-0.4, -0.2) is 48.3 Å². The van der Waals surface area contributed by atoms with Gasteiger partial charge in [0.05, 0.1) is 0 Å². The number of nitrogen functional groups attached to an aromatic ring is 1. The minimum absolute atomic E-state index is 0.0649. The Hall–Kier alpha value is -2.50. The average Bonchev–Trinajstić information content (AvgIpc) is 2.84. The molecule has 6 nitrogen and oxygen atoms in total. The molecule has 3 rings (SSSR count). The van der Waals surface area contributed by atoms with Crippen LogP contribution in [-0.2, 0) is 4.79 Å². The molecule has 1 aromatic carbocycles. The van der Waals surface area contributed by atoms with Gasteiger partial charge in [-0.05, 0) is 24.3 Å². The van der Waals surface area contributed by atoms with Gasteiger partial charge in [-0.3, -0.25) is 9.59 Å². The first kappa shape index (κ1) is 12.5. The molecule has 1 aliphatic heterocycles. The van der Waals surface area contributed by atoms with Crippen molar-refractivity contribution in [1.29, 1.82) is 0 Å². The number of benzene rings is 1. The zero-order chi connectivity index (χ0) is 14.3. The van der Waals surface area contributed by atoms with Gasteiger partial charge < -0.3 is 20.0 Å². The summed E-state index contributed by atoms with van der Waals surface area (Å²) in [6.07, 6.45) is 0. The van der Waals surface area contributed by atoms with E-state index in [2.05, 4.69) is 0 Å². The molecule has 0 aliphatic carbocycles. The van der Waals surface area contributed by atoms with Crippen LogP contribution in [0.1, 0.15) is 10.6 Å². The maximum Gasteiger partial charge on any atom is 0.290 e. The van der Waals surface area contributed by atoms with Crippen molar-refractivity contribution >= 4 is 28.5 Å². The van der Waals surface area contributed by atoms with E-state index in [1.54, 1.807) is 36.2 Å². The summed E-state index contributed by atoms with van der Waals surface area (Å²) >= 11 is 0. The highest BCUT2D eigenvalue weighted by atomic mass is 16.3. The summed E-state index contributed by atoms with van der Waals surface area (Å²) in [7, 11) is 1.73. The molecule has 0 unspecified atom stereocenters. The molecule has 6 heteroatoms. The molecule has 1 saturated heterocycles. The van der Waals surface area contributed by atoms with Gasteiger partial charge in [0.2, 0.25) is 5.91 Å². The fourth-order valence-electron chi connectivity index (χ4n) is 2.25. The molecule has 0 atom stereocenters. The van der Waals surface area contributed by atoms with Crippen LogP contribution in [0.5, 0.6) is 0 Å². The Morgan fingerprint density at radius 1 is 1.30 bits per heavy atom. The van der Waals surface area contributed by atoms with Crippen molar-refractivity contribution in [2.75, 3.05) is 32.4 Å². The summed E-state index contributed by atoms with van der Waals surface area (Å²) in [5.74, 6) is -0.0888. The van der Waals surface area contributed by atoms with E-state index in [4.69, 9.17) is 10.2 Å². The molecule has 1 fully saturated rings. The highest BCUT2D eigenvalue weighted by molar-refractivity contribution is 5.98. The van der Waals surface area contributed by atoms with Crippen LogP contribution in [0.3, 0.4) is 0 Å². The number of piperazine rings is 1. The molecule has 2 heterocycles. The number of amides is 2. The third-order valence-corrected chi connectivity index (χ3v) is 3.50. The van der Waals surface area contributed by atoms with Gasteiger partial charge in [-0.25, -0.2) is 0 Å². The topological polar surface area (TPSA) is 79.8 Å². The smallest absolute Gasteiger partial charge is 0.290 e. The highest BCUT2D eigenvalue weighted by Gasteiger charge is 2.27. The Kier molecular flexibility index (Phi) is 2.85. The van der Waals surface area contributed by atoms with E-state index in [-0.39, 0.29) is 24.1 Å². The molecule has 1 aliphatic rings. The predicted molar refractivity (Wildman–Crippen MR) is 74.2 cm³/mol. The van der Waals surface area contributed by atoms with Gasteiger partial charge in [0.1, 0.15) is 12.1 Å². The van der Waals surface area contributed by atoms with Crippen LogP contribution in [0.2, 0.25) is 0 Å². The van der Waals surface area contributed by atoms with Crippen molar-refractivity contribution in [1.82, 2.24) is 9.80 Å². The highest BCUT2D eigenvalue weighted by Crippen LogP contribution is 2.23. The number of anilines is 1. The maximum absolute atomic E-state index is 12.3. The molecule has 20 heavy (non-hydrogen) atoms. The summed E-state index contributed by atoms with van der Waals surface area (Å²) in [6, 6.07) is 6.87. The second-order valence-electron chi connectivity index (χ2n) is 4.95. The normalized spacial score (nSPS) is 15.9. The maximum atomic E-state index is 12.3. The number of rotatable bonds is 1. The van der Waals surface area contributed by atoms with Gasteiger partial charge in [-0.1, -0.05) is 0 Å². The fraction of sp³-hybridized carbons (Fsp3) is 0.286. The second kappa shape index (κ2) is 4.56. The number of likely N-dealkylation sites (N-methyl/N-ethyl adjacent to an activating group) is 1. The van der Waals surface area contributed by atoms with Gasteiger partial charge in [0.15, 0.2) is 5.76 Å². The molecular weight excluding hydrogens is 258 g/mol. The lowest BCUT2D eigenvalue weighted by atomic mass is 10.2. The van der Waals surface area contributed by atoms with Crippen molar-refractivity contribution in [3.63, 3.8) is 0 Å². The first-order chi connectivity index (χ1) is 9.54. The lowest BCUT2D eigenvalue weighted by molar-refractivity contribution is -0.133. The molecule has 0 radical (unpaired) electrons. The van der Waals surface area contributed by atoms with E-state index < -0.39 is 0 Å². The zero-order valence-corrected chi connectivity index (χ0v) is 11.1. The molecule has 2 N–H and O–H groups in total. The summed E-state index contributed by atoms with van der Waals surface area (Å²) in [4.78, 5) is 27.1. The second-order valence-corrected chi connectivity index (χ2v) is 4.95. The van der Waals surface area contributed by atoms with Crippen LogP contribution >= 0.6 is 0 Å². The molecule has 2 amide bonds. The lowest BCUT2D eigenvalue weighted by Crippen LogP contribution is -2.50. The summed E-state index contributed by atoms with van der Waals surface area (Å²) in [5, 5.41) is 0.786. The van der Waals surface area contributed by atoms with E-state index in [9.17, 15) is 9.59 Å². The summed E-state index contributed by atoms with van der Waals surface area (Å²) in [5.41, 5.74) is 6.93. The van der Waals surface area contributed by atoms with Crippen LogP contribution < -0.4 is 5.73 Å². The molecule has 0 spiro atoms. The van der Waals surface area contributed by atoms with Crippen molar-refractivity contribution < 1.29 is 14.0 Å². The van der Waals surface area contributed by atoms with Gasteiger partial charge in [0.25, 0.3) is 5.91 Å². The molecule has 1 aromatic heterocycles. The Morgan fingerprint density at radius 2 is 2.10 bits per heavy atom. The number of furan rings is 1. The first-order valence-corrected chi connectivity index (χ1v) is 6.37. The van der Waals surface area contributed by atoms with E-state index in [0.717, 1.165) is 5.39 Å². The number of hydrogen-bond acceptors (Lipinski definition) is 4. The number of hydrogen-bond donors (Lipinski definition) is 1. The van der Waals surface area contributed by atoms with Crippen molar-refractivity contribution in [2.24, 2.45) is 0 Å². The minimum Gasteiger partial charge on any atom is -0.451 e. The van der Waals surface area contributed by atoms with Gasteiger partial charge in [0, 0.05) is 31.2 Å².